The summed E-state index contributed by atoms with van der Waals surface area (Å²) in [5, 5.41) is 38.4. The van der Waals surface area contributed by atoms with Crippen LogP contribution < -0.4 is 11.2 Å². The summed E-state index contributed by atoms with van der Waals surface area (Å²) in [7, 11) is 0. The van der Waals surface area contributed by atoms with Crippen LogP contribution in [-0.2, 0) is 6.18 Å². The topological polar surface area (TPSA) is 136 Å². The van der Waals surface area contributed by atoms with E-state index in [1.54, 1.807) is 0 Å². The number of aliphatic hydroxyl groups is 4. The smallest absolute Gasteiger partial charge is 0.396 e. The monoisotopic (exact) mass is 326 g/mol. The van der Waals surface area contributed by atoms with E-state index in [4.69, 9.17) is 5.11 Å². The highest BCUT2D eigenvalue weighted by atomic mass is 19.4. The van der Waals surface area contributed by atoms with Gasteiger partial charge in [0, 0.05) is 12.1 Å². The van der Waals surface area contributed by atoms with E-state index in [0.717, 1.165) is 0 Å². The molecule has 1 aliphatic carbocycles. The molecule has 124 valence electrons. The highest BCUT2D eigenvalue weighted by Crippen LogP contribution is 2.35. The fourth-order valence-corrected chi connectivity index (χ4v) is 2.57. The van der Waals surface area contributed by atoms with E-state index in [-0.39, 0.29) is 6.20 Å². The average molecular weight is 326 g/mol. The number of aromatic amines is 1. The van der Waals surface area contributed by atoms with Crippen molar-refractivity contribution in [2.75, 3.05) is 6.61 Å². The van der Waals surface area contributed by atoms with Crippen molar-refractivity contribution in [3.63, 3.8) is 0 Å². The van der Waals surface area contributed by atoms with Crippen molar-refractivity contribution in [1.29, 1.82) is 0 Å². The molecule has 1 aliphatic rings. The molecule has 2 rings (SSSR count). The second-order valence-corrected chi connectivity index (χ2v) is 5.02. The van der Waals surface area contributed by atoms with Gasteiger partial charge in [-0.25, -0.2) is 4.79 Å². The number of alkyl halides is 3. The van der Waals surface area contributed by atoms with Crippen molar-refractivity contribution in [3.8, 4) is 0 Å². The standard InChI is InChI=1S/C11H13F3N2O6/c12-11(13,14)4-1-16(10(22)15-9(4)21)5-6(18)3(2-17)7(19)8(5)20/h1,3,5-8,17-20H,2H2,(H,15,21,22). The lowest BCUT2D eigenvalue weighted by Crippen LogP contribution is -2.42. The van der Waals surface area contributed by atoms with Crippen molar-refractivity contribution in [1.82, 2.24) is 9.55 Å². The van der Waals surface area contributed by atoms with Crippen LogP contribution in [0.4, 0.5) is 13.2 Å². The Hall–Kier alpha value is -1.69. The average Bonchev–Trinajstić information content (AvgIpc) is 2.60. The van der Waals surface area contributed by atoms with Gasteiger partial charge in [-0.2, -0.15) is 13.2 Å². The summed E-state index contributed by atoms with van der Waals surface area (Å²) >= 11 is 0. The van der Waals surface area contributed by atoms with Gasteiger partial charge in [0.15, 0.2) is 0 Å². The Labute approximate surface area is 120 Å². The van der Waals surface area contributed by atoms with E-state index in [0.29, 0.717) is 4.57 Å². The van der Waals surface area contributed by atoms with E-state index in [9.17, 15) is 38.1 Å². The Morgan fingerprint density at radius 2 is 1.73 bits per heavy atom. The summed E-state index contributed by atoms with van der Waals surface area (Å²) in [5.74, 6) is -1.24. The lowest BCUT2D eigenvalue weighted by atomic mass is 10.0. The van der Waals surface area contributed by atoms with Gasteiger partial charge >= 0.3 is 11.9 Å². The summed E-state index contributed by atoms with van der Waals surface area (Å²) < 4.78 is 38.4. The summed E-state index contributed by atoms with van der Waals surface area (Å²) in [4.78, 5) is 24.3. The Kier molecular flexibility index (Phi) is 4.17. The van der Waals surface area contributed by atoms with E-state index in [1.165, 1.54) is 4.98 Å². The molecular weight excluding hydrogens is 313 g/mol. The molecule has 1 heterocycles. The summed E-state index contributed by atoms with van der Waals surface area (Å²) in [6.45, 7) is -0.750. The van der Waals surface area contributed by atoms with Crippen LogP contribution in [0.15, 0.2) is 15.8 Å². The molecule has 0 bridgehead atoms. The van der Waals surface area contributed by atoms with Gasteiger partial charge in [-0.3, -0.25) is 14.3 Å². The van der Waals surface area contributed by atoms with Crippen LogP contribution in [0.25, 0.3) is 0 Å². The largest absolute Gasteiger partial charge is 0.423 e. The molecule has 0 saturated heterocycles. The van der Waals surface area contributed by atoms with E-state index >= 15 is 0 Å². The van der Waals surface area contributed by atoms with E-state index in [2.05, 4.69) is 0 Å². The van der Waals surface area contributed by atoms with Gasteiger partial charge < -0.3 is 20.4 Å². The Morgan fingerprint density at radius 3 is 2.18 bits per heavy atom. The normalized spacial score (nSPS) is 32.4. The number of hydrogen-bond donors (Lipinski definition) is 5. The maximum absolute atomic E-state index is 12.7. The molecule has 1 aromatic rings. The van der Waals surface area contributed by atoms with Crippen molar-refractivity contribution in [3.05, 3.63) is 32.6 Å². The quantitative estimate of drug-likeness (QED) is 0.418. The van der Waals surface area contributed by atoms with E-state index < -0.39 is 59.9 Å². The van der Waals surface area contributed by atoms with Gasteiger partial charge in [-0.05, 0) is 0 Å². The molecule has 22 heavy (non-hydrogen) atoms. The third kappa shape index (κ3) is 2.56. The summed E-state index contributed by atoms with van der Waals surface area (Å²) in [5.41, 5.74) is -4.63. The maximum Gasteiger partial charge on any atom is 0.423 e. The van der Waals surface area contributed by atoms with Crippen LogP contribution >= 0.6 is 0 Å². The second kappa shape index (κ2) is 5.50. The fourth-order valence-electron chi connectivity index (χ4n) is 2.57. The van der Waals surface area contributed by atoms with Gasteiger partial charge in [-0.1, -0.05) is 0 Å². The highest BCUT2D eigenvalue weighted by Gasteiger charge is 2.50. The Bertz CT molecular complexity index is 669. The molecule has 1 saturated carbocycles. The van der Waals surface area contributed by atoms with Crippen molar-refractivity contribution in [2.45, 2.75) is 30.5 Å². The molecule has 5 unspecified atom stereocenters. The minimum Gasteiger partial charge on any atom is -0.396 e. The van der Waals surface area contributed by atoms with Crippen molar-refractivity contribution < 1.29 is 33.6 Å². The van der Waals surface area contributed by atoms with Crippen LogP contribution in [0, 0.1) is 5.92 Å². The van der Waals surface area contributed by atoms with E-state index in [1.807, 2.05) is 0 Å². The highest BCUT2D eigenvalue weighted by molar-refractivity contribution is 5.12. The molecule has 8 nitrogen and oxygen atoms in total. The van der Waals surface area contributed by atoms with Gasteiger partial charge in [0.1, 0.15) is 11.7 Å². The van der Waals surface area contributed by atoms with Gasteiger partial charge in [0.2, 0.25) is 0 Å². The van der Waals surface area contributed by atoms with Crippen LogP contribution in [0.5, 0.6) is 0 Å². The maximum atomic E-state index is 12.7. The molecule has 1 aromatic heterocycles. The lowest BCUT2D eigenvalue weighted by molar-refractivity contribution is -0.139. The SMILES string of the molecule is O=c1[nH]c(=O)n(C2C(O)C(O)C(CO)C2O)cc1C(F)(F)F. The van der Waals surface area contributed by atoms with Crippen LogP contribution in [0.1, 0.15) is 11.6 Å². The molecule has 11 heteroatoms. The minimum atomic E-state index is -5.05. The molecule has 0 aromatic carbocycles. The first-order valence-electron chi connectivity index (χ1n) is 6.17. The predicted octanol–water partition coefficient (Wildman–Crippen LogP) is -2.20. The third-order valence-electron chi connectivity index (χ3n) is 3.73. The number of hydrogen-bond acceptors (Lipinski definition) is 6. The number of H-pyrrole nitrogens is 1. The first-order valence-corrected chi connectivity index (χ1v) is 6.17. The molecule has 5 atom stereocenters. The zero-order chi connectivity index (χ0) is 16.8. The number of halogens is 3. The predicted molar refractivity (Wildman–Crippen MR) is 64.0 cm³/mol. The molecule has 0 aliphatic heterocycles. The second-order valence-electron chi connectivity index (χ2n) is 5.02. The zero-order valence-electron chi connectivity index (χ0n) is 10.9. The Morgan fingerprint density at radius 1 is 1.14 bits per heavy atom. The molecule has 1 fully saturated rings. The van der Waals surface area contributed by atoms with Gasteiger partial charge in [0.25, 0.3) is 5.56 Å². The first-order chi connectivity index (χ1) is 10.1. The number of rotatable bonds is 2. The third-order valence-corrected chi connectivity index (χ3v) is 3.73. The molecule has 5 N–H and O–H groups in total. The van der Waals surface area contributed by atoms with Crippen molar-refractivity contribution >= 4 is 0 Å². The lowest BCUT2D eigenvalue weighted by Gasteiger charge is -2.22. The molecular formula is C11H13F3N2O6. The number of aromatic nitrogens is 2. The molecule has 0 amide bonds. The number of nitrogens with one attached hydrogen (secondary N) is 1. The Balaban J connectivity index is 2.58. The minimum absolute atomic E-state index is 0.171. The fraction of sp³-hybridized carbons (Fsp3) is 0.636. The van der Waals surface area contributed by atoms with Crippen LogP contribution in [0.3, 0.4) is 0 Å². The zero-order valence-corrected chi connectivity index (χ0v) is 10.9. The summed E-state index contributed by atoms with van der Waals surface area (Å²) in [6.07, 6.45) is -9.99. The first kappa shape index (κ1) is 16.7. The van der Waals surface area contributed by atoms with Crippen LogP contribution in [-0.4, -0.2) is 54.9 Å². The number of nitrogens with zero attached hydrogens (tertiary/aromatic N) is 1. The summed E-state index contributed by atoms with van der Waals surface area (Å²) in [6, 6.07) is -1.64. The molecule has 0 spiro atoms. The van der Waals surface area contributed by atoms with Gasteiger partial charge in [0.05, 0.1) is 24.9 Å². The van der Waals surface area contributed by atoms with Gasteiger partial charge in [-0.15, -0.1) is 0 Å². The molecule has 0 radical (unpaired) electrons. The van der Waals surface area contributed by atoms with Crippen LogP contribution in [0.2, 0.25) is 0 Å². The van der Waals surface area contributed by atoms with Crippen molar-refractivity contribution in [2.24, 2.45) is 5.92 Å². The number of aliphatic hydroxyl groups excluding tert-OH is 4.